The fraction of sp³-hybridized carbons (Fsp3) is 0.217. The number of fused-ring (bicyclic) bond motifs is 2. The minimum Gasteiger partial charge on any atom is -0.480 e. The first-order valence-corrected chi connectivity index (χ1v) is 10.4. The Labute approximate surface area is 172 Å². The van der Waals surface area contributed by atoms with Crippen LogP contribution in [-0.4, -0.2) is 16.6 Å². The van der Waals surface area contributed by atoms with E-state index in [4.69, 9.17) is 4.74 Å². The summed E-state index contributed by atoms with van der Waals surface area (Å²) in [5.74, 6) is 0.432. The largest absolute Gasteiger partial charge is 0.480 e. The number of anilines is 1. The SMILES string of the molecule is CC(C)n1c(=O)sc2cc(NC(=O)[C@H](C)Oc3cccc4ccccc34)ccc21. The molecule has 1 amide bonds. The zero-order chi connectivity index (χ0) is 20.5. The number of ether oxygens (including phenoxy) is 1. The predicted octanol–water partition coefficient (Wildman–Crippen LogP) is 5.20. The third kappa shape index (κ3) is 3.76. The van der Waals surface area contributed by atoms with Crippen LogP contribution in [0.15, 0.2) is 65.5 Å². The van der Waals surface area contributed by atoms with Crippen LogP contribution < -0.4 is 14.9 Å². The number of carbonyl (C=O) groups excluding carboxylic acids is 1. The van der Waals surface area contributed by atoms with Crippen LogP contribution in [0.4, 0.5) is 5.69 Å². The monoisotopic (exact) mass is 406 g/mol. The van der Waals surface area contributed by atoms with Gasteiger partial charge in [-0.05, 0) is 50.4 Å². The van der Waals surface area contributed by atoms with Crippen molar-refractivity contribution in [2.45, 2.75) is 32.9 Å². The summed E-state index contributed by atoms with van der Waals surface area (Å²) in [6.07, 6.45) is -0.671. The van der Waals surface area contributed by atoms with Crippen LogP contribution in [0.5, 0.6) is 5.75 Å². The molecule has 4 rings (SSSR count). The fourth-order valence-electron chi connectivity index (χ4n) is 3.39. The Morgan fingerprint density at radius 3 is 2.59 bits per heavy atom. The van der Waals surface area contributed by atoms with E-state index in [0.717, 1.165) is 21.0 Å². The van der Waals surface area contributed by atoms with Gasteiger partial charge in [0, 0.05) is 17.1 Å². The second-order valence-electron chi connectivity index (χ2n) is 7.24. The molecule has 1 atom stereocenters. The number of hydrogen-bond acceptors (Lipinski definition) is 4. The first-order chi connectivity index (χ1) is 13.9. The number of nitrogens with one attached hydrogen (secondary N) is 1. The third-order valence-electron chi connectivity index (χ3n) is 4.82. The first kappa shape index (κ1) is 19.2. The van der Waals surface area contributed by atoms with Gasteiger partial charge in [-0.1, -0.05) is 47.7 Å². The second kappa shape index (κ2) is 7.72. The summed E-state index contributed by atoms with van der Waals surface area (Å²) in [5, 5.41) is 4.92. The van der Waals surface area contributed by atoms with Gasteiger partial charge in [0.05, 0.1) is 10.2 Å². The molecule has 5 nitrogen and oxygen atoms in total. The summed E-state index contributed by atoms with van der Waals surface area (Å²) in [6.45, 7) is 5.69. The normalized spacial score (nSPS) is 12.4. The molecule has 1 heterocycles. The highest BCUT2D eigenvalue weighted by molar-refractivity contribution is 7.16. The molecule has 0 spiro atoms. The molecule has 4 aromatic rings. The minimum absolute atomic E-state index is 0.00568. The van der Waals surface area contributed by atoms with Crippen molar-refractivity contribution in [3.8, 4) is 5.75 Å². The Kier molecular flexibility index (Phi) is 5.11. The number of amides is 1. The van der Waals surface area contributed by atoms with Crippen molar-refractivity contribution in [1.29, 1.82) is 0 Å². The van der Waals surface area contributed by atoms with E-state index in [-0.39, 0.29) is 16.8 Å². The van der Waals surface area contributed by atoms with E-state index in [9.17, 15) is 9.59 Å². The molecular weight excluding hydrogens is 384 g/mol. The Bertz CT molecular complexity index is 1250. The van der Waals surface area contributed by atoms with Crippen molar-refractivity contribution < 1.29 is 9.53 Å². The average Bonchev–Trinajstić information content (AvgIpc) is 3.03. The Morgan fingerprint density at radius 2 is 1.79 bits per heavy atom. The van der Waals surface area contributed by atoms with Gasteiger partial charge in [0.25, 0.3) is 5.91 Å². The average molecular weight is 407 g/mol. The van der Waals surface area contributed by atoms with Crippen molar-refractivity contribution >= 4 is 43.9 Å². The van der Waals surface area contributed by atoms with Crippen LogP contribution in [-0.2, 0) is 4.79 Å². The molecule has 0 aliphatic heterocycles. The van der Waals surface area contributed by atoms with E-state index in [1.165, 1.54) is 11.3 Å². The van der Waals surface area contributed by atoms with Crippen molar-refractivity contribution in [3.05, 3.63) is 70.3 Å². The molecule has 0 unspecified atom stereocenters. The summed E-state index contributed by atoms with van der Waals surface area (Å²) < 4.78 is 8.55. The smallest absolute Gasteiger partial charge is 0.308 e. The zero-order valence-corrected chi connectivity index (χ0v) is 17.3. The number of hydrogen-bond donors (Lipinski definition) is 1. The van der Waals surface area contributed by atoms with E-state index >= 15 is 0 Å². The number of rotatable bonds is 5. The topological polar surface area (TPSA) is 60.3 Å². The lowest BCUT2D eigenvalue weighted by atomic mass is 10.1. The number of aromatic nitrogens is 1. The highest BCUT2D eigenvalue weighted by Crippen LogP contribution is 2.27. The molecule has 0 radical (unpaired) electrons. The van der Waals surface area contributed by atoms with Crippen LogP contribution in [0.1, 0.15) is 26.8 Å². The van der Waals surface area contributed by atoms with Crippen LogP contribution >= 0.6 is 11.3 Å². The summed E-state index contributed by atoms with van der Waals surface area (Å²) >= 11 is 1.19. The molecule has 0 bridgehead atoms. The zero-order valence-electron chi connectivity index (χ0n) is 16.5. The van der Waals surface area contributed by atoms with Gasteiger partial charge in [0.15, 0.2) is 6.10 Å². The van der Waals surface area contributed by atoms with Crippen molar-refractivity contribution in [2.75, 3.05) is 5.32 Å². The second-order valence-corrected chi connectivity index (χ2v) is 8.23. The standard InChI is InChI=1S/C23H22N2O3S/c1-14(2)25-19-12-11-17(13-21(19)29-23(25)27)24-22(26)15(3)28-20-10-6-8-16-7-4-5-9-18(16)20/h4-15H,1-3H3,(H,24,26)/t15-/m0/s1. The lowest BCUT2D eigenvalue weighted by Gasteiger charge is -2.16. The molecule has 1 N–H and O–H groups in total. The van der Waals surface area contributed by atoms with Gasteiger partial charge in [0.2, 0.25) is 0 Å². The summed E-state index contributed by atoms with van der Waals surface area (Å²) in [4.78, 5) is 24.9. The molecule has 6 heteroatoms. The van der Waals surface area contributed by atoms with E-state index < -0.39 is 6.10 Å². The van der Waals surface area contributed by atoms with Crippen LogP contribution in [0.3, 0.4) is 0 Å². The van der Waals surface area contributed by atoms with Gasteiger partial charge >= 0.3 is 4.87 Å². The molecule has 0 aliphatic carbocycles. The third-order valence-corrected chi connectivity index (χ3v) is 5.74. The maximum Gasteiger partial charge on any atom is 0.308 e. The van der Waals surface area contributed by atoms with Crippen LogP contribution in [0, 0.1) is 0 Å². The summed E-state index contributed by atoms with van der Waals surface area (Å²) in [6, 6.07) is 19.3. The van der Waals surface area contributed by atoms with Gasteiger partial charge < -0.3 is 10.1 Å². The molecule has 1 aromatic heterocycles. The molecule has 0 fully saturated rings. The van der Waals surface area contributed by atoms with Crippen molar-refractivity contribution in [1.82, 2.24) is 4.57 Å². The molecule has 148 valence electrons. The number of carbonyl (C=O) groups is 1. The molecule has 29 heavy (non-hydrogen) atoms. The van der Waals surface area contributed by atoms with Crippen molar-refractivity contribution in [3.63, 3.8) is 0 Å². The quantitative estimate of drug-likeness (QED) is 0.495. The fourth-order valence-corrected chi connectivity index (χ4v) is 4.44. The highest BCUT2D eigenvalue weighted by Gasteiger charge is 2.17. The number of nitrogens with zero attached hydrogens (tertiary/aromatic N) is 1. The maximum absolute atomic E-state index is 12.7. The van der Waals surface area contributed by atoms with Gasteiger partial charge in [-0.25, -0.2) is 0 Å². The van der Waals surface area contributed by atoms with Gasteiger partial charge in [-0.3, -0.25) is 14.2 Å². The van der Waals surface area contributed by atoms with Gasteiger partial charge in [-0.2, -0.15) is 0 Å². The molecule has 3 aromatic carbocycles. The van der Waals surface area contributed by atoms with Crippen molar-refractivity contribution in [2.24, 2.45) is 0 Å². The summed E-state index contributed by atoms with van der Waals surface area (Å²) in [7, 11) is 0. The van der Waals surface area contributed by atoms with E-state index in [0.29, 0.717) is 11.4 Å². The Balaban J connectivity index is 1.53. The number of thiazole rings is 1. The Hall–Kier alpha value is -3.12. The molecular formula is C23H22N2O3S. The molecule has 0 aliphatic rings. The first-order valence-electron chi connectivity index (χ1n) is 9.54. The van der Waals surface area contributed by atoms with Gasteiger partial charge in [-0.15, -0.1) is 0 Å². The van der Waals surface area contributed by atoms with Crippen LogP contribution in [0.25, 0.3) is 21.0 Å². The minimum atomic E-state index is -0.671. The molecule has 0 saturated heterocycles. The lowest BCUT2D eigenvalue weighted by Crippen LogP contribution is -2.30. The van der Waals surface area contributed by atoms with Crippen LogP contribution in [0.2, 0.25) is 0 Å². The van der Waals surface area contributed by atoms with E-state index in [1.54, 1.807) is 11.5 Å². The van der Waals surface area contributed by atoms with E-state index in [2.05, 4.69) is 5.32 Å². The lowest BCUT2D eigenvalue weighted by molar-refractivity contribution is -0.122. The van der Waals surface area contributed by atoms with E-state index in [1.807, 2.05) is 74.5 Å². The Morgan fingerprint density at radius 1 is 1.03 bits per heavy atom. The predicted molar refractivity (Wildman–Crippen MR) is 119 cm³/mol. The highest BCUT2D eigenvalue weighted by atomic mass is 32.1. The summed E-state index contributed by atoms with van der Waals surface area (Å²) in [5.41, 5.74) is 1.53. The number of benzene rings is 3. The van der Waals surface area contributed by atoms with Gasteiger partial charge in [0.1, 0.15) is 5.75 Å². The molecule has 0 saturated carbocycles. The maximum atomic E-state index is 12.7.